The highest BCUT2D eigenvalue weighted by Gasteiger charge is 2.30. The minimum atomic E-state index is -0.652. The quantitative estimate of drug-likeness (QED) is 0.368. The number of nitrogens with zero attached hydrogens (tertiary/aromatic N) is 2. The van der Waals surface area contributed by atoms with E-state index < -0.39 is 11.2 Å². The zero-order valence-corrected chi connectivity index (χ0v) is 15.8. The molecule has 1 aromatic rings. The van der Waals surface area contributed by atoms with E-state index in [1.165, 1.54) is 19.0 Å². The average Bonchev–Trinajstić information content (AvgIpc) is 3.44. The monoisotopic (exact) mass is 380 g/mol. The van der Waals surface area contributed by atoms with Gasteiger partial charge in [0.2, 0.25) is 5.78 Å². The average molecular weight is 380 g/mol. The van der Waals surface area contributed by atoms with Gasteiger partial charge in [-0.15, -0.1) is 0 Å². The molecule has 3 rings (SSSR count). The van der Waals surface area contributed by atoms with Gasteiger partial charge in [0.1, 0.15) is 44.1 Å². The standard InChI is InChI=1S/C17H26N6O4/c1-20-15(18)14(16(26)21(2)17(20)27)12(24)9-22-5-7-23(8-6-22)10-13(25)19-11-3-4-11/h11H,3-10,18H2,1-2H3,(H,19,25)/p+2. The summed E-state index contributed by atoms with van der Waals surface area (Å²) in [6.07, 6.45) is 2.16. The van der Waals surface area contributed by atoms with E-state index in [0.29, 0.717) is 12.6 Å². The van der Waals surface area contributed by atoms with Gasteiger partial charge in [-0.2, -0.15) is 0 Å². The molecule has 1 saturated heterocycles. The first kappa shape index (κ1) is 19.3. The Bertz CT molecular complexity index is 861. The summed E-state index contributed by atoms with van der Waals surface area (Å²) < 4.78 is 2.02. The van der Waals surface area contributed by atoms with E-state index in [4.69, 9.17) is 5.73 Å². The van der Waals surface area contributed by atoms with Gasteiger partial charge in [0.15, 0.2) is 6.54 Å². The Morgan fingerprint density at radius 2 is 1.59 bits per heavy atom. The number of ketones is 1. The van der Waals surface area contributed by atoms with Crippen LogP contribution >= 0.6 is 0 Å². The lowest BCUT2D eigenvalue weighted by molar-refractivity contribution is -1.00. The lowest BCUT2D eigenvalue weighted by atomic mass is 10.1. The summed E-state index contributed by atoms with van der Waals surface area (Å²) in [5.41, 5.74) is 4.53. The van der Waals surface area contributed by atoms with Gasteiger partial charge in [0, 0.05) is 20.1 Å². The van der Waals surface area contributed by atoms with Crippen molar-refractivity contribution in [3.63, 3.8) is 0 Å². The van der Waals surface area contributed by atoms with Crippen LogP contribution in [0.15, 0.2) is 9.59 Å². The fourth-order valence-electron chi connectivity index (χ4n) is 3.48. The predicted octanol–water partition coefficient (Wildman–Crippen LogP) is -5.09. The maximum Gasteiger partial charge on any atom is 0.332 e. The number of nitrogens with two attached hydrogens (primary N) is 1. The second-order valence-electron chi connectivity index (χ2n) is 7.58. The van der Waals surface area contributed by atoms with E-state index in [-0.39, 0.29) is 29.6 Å². The molecule has 0 radical (unpaired) electrons. The summed E-state index contributed by atoms with van der Waals surface area (Å²) in [5, 5.41) is 2.99. The number of piperazine rings is 1. The van der Waals surface area contributed by atoms with Crippen LogP contribution in [0.1, 0.15) is 23.2 Å². The van der Waals surface area contributed by atoms with Gasteiger partial charge in [0.05, 0.1) is 0 Å². The smallest absolute Gasteiger partial charge is 0.332 e. The second-order valence-corrected chi connectivity index (χ2v) is 7.58. The van der Waals surface area contributed by atoms with Crippen molar-refractivity contribution in [3.8, 4) is 0 Å². The van der Waals surface area contributed by atoms with Crippen LogP contribution in [0.2, 0.25) is 0 Å². The molecule has 0 spiro atoms. The molecule has 0 unspecified atom stereocenters. The fraction of sp³-hybridized carbons (Fsp3) is 0.647. The Kier molecular flexibility index (Phi) is 5.47. The molecule has 1 aliphatic heterocycles. The number of nitrogen functional groups attached to an aromatic ring is 1. The number of Topliss-reactive ketones (excluding diaryl/α,β-unsaturated/α-hetero) is 1. The van der Waals surface area contributed by atoms with E-state index in [1.807, 2.05) is 0 Å². The highest BCUT2D eigenvalue weighted by molar-refractivity contribution is 6.00. The third-order valence-electron chi connectivity index (χ3n) is 5.42. The molecule has 2 heterocycles. The van der Waals surface area contributed by atoms with Crippen LogP contribution < -0.4 is 32.1 Å². The molecular formula is C17H28N6O4+2. The summed E-state index contributed by atoms with van der Waals surface area (Å²) in [6.45, 7) is 3.68. The molecule has 1 aliphatic carbocycles. The molecule has 2 aliphatic rings. The van der Waals surface area contributed by atoms with Crippen LogP contribution in [0.4, 0.5) is 5.82 Å². The van der Waals surface area contributed by atoms with E-state index in [1.54, 1.807) is 0 Å². The van der Waals surface area contributed by atoms with Crippen LogP contribution in [0.25, 0.3) is 0 Å². The second kappa shape index (κ2) is 7.65. The van der Waals surface area contributed by atoms with E-state index >= 15 is 0 Å². The van der Waals surface area contributed by atoms with Crippen LogP contribution in [0.5, 0.6) is 0 Å². The van der Waals surface area contributed by atoms with E-state index in [0.717, 1.165) is 53.1 Å². The van der Waals surface area contributed by atoms with Gasteiger partial charge < -0.3 is 20.9 Å². The minimum Gasteiger partial charge on any atom is -0.384 e. The van der Waals surface area contributed by atoms with Crippen LogP contribution in [-0.2, 0) is 18.9 Å². The SMILES string of the molecule is Cn1c(N)c(C(=O)C[NH+]2CC[NH+](CC(=O)NC3CC3)CC2)c(=O)n(C)c1=O. The van der Waals surface area contributed by atoms with Crippen molar-refractivity contribution < 1.29 is 19.4 Å². The topological polar surface area (TPSA) is 125 Å². The molecule has 1 aromatic heterocycles. The van der Waals surface area contributed by atoms with Crippen molar-refractivity contribution in [2.45, 2.75) is 18.9 Å². The largest absolute Gasteiger partial charge is 0.384 e. The number of hydrogen-bond acceptors (Lipinski definition) is 5. The van der Waals surface area contributed by atoms with Gasteiger partial charge >= 0.3 is 5.69 Å². The number of carbonyl (C=O) groups is 2. The first-order valence-electron chi connectivity index (χ1n) is 9.33. The van der Waals surface area contributed by atoms with Crippen molar-refractivity contribution in [2.75, 3.05) is 45.0 Å². The van der Waals surface area contributed by atoms with Crippen molar-refractivity contribution in [3.05, 3.63) is 26.4 Å². The molecule has 0 aromatic carbocycles. The Balaban J connectivity index is 1.58. The number of hydrogen-bond donors (Lipinski definition) is 4. The number of amides is 1. The molecule has 0 atom stereocenters. The molecule has 10 heteroatoms. The first-order valence-corrected chi connectivity index (χ1v) is 9.33. The Morgan fingerprint density at radius 1 is 1.04 bits per heavy atom. The molecule has 2 fully saturated rings. The van der Waals surface area contributed by atoms with Crippen LogP contribution in [0, 0.1) is 0 Å². The Morgan fingerprint density at radius 3 is 2.15 bits per heavy atom. The first-order chi connectivity index (χ1) is 12.8. The van der Waals surface area contributed by atoms with Crippen molar-refractivity contribution >= 4 is 17.5 Å². The Labute approximate surface area is 156 Å². The zero-order chi connectivity index (χ0) is 19.7. The number of anilines is 1. The third-order valence-corrected chi connectivity index (χ3v) is 5.42. The highest BCUT2D eigenvalue weighted by Crippen LogP contribution is 2.17. The summed E-state index contributed by atoms with van der Waals surface area (Å²) >= 11 is 0. The molecule has 1 amide bonds. The fourth-order valence-corrected chi connectivity index (χ4v) is 3.48. The van der Waals surface area contributed by atoms with Gasteiger partial charge in [0.25, 0.3) is 11.5 Å². The molecule has 5 N–H and O–H groups in total. The van der Waals surface area contributed by atoms with Crippen molar-refractivity contribution in [1.82, 2.24) is 14.5 Å². The van der Waals surface area contributed by atoms with Gasteiger partial charge in [-0.3, -0.25) is 23.5 Å². The number of aromatic nitrogens is 2. The highest BCUT2D eigenvalue weighted by atomic mass is 16.2. The van der Waals surface area contributed by atoms with E-state index in [2.05, 4.69) is 5.32 Å². The van der Waals surface area contributed by atoms with Crippen molar-refractivity contribution in [2.24, 2.45) is 14.1 Å². The normalized spacial score (nSPS) is 22.4. The molecule has 0 bridgehead atoms. The molecule has 27 heavy (non-hydrogen) atoms. The number of quaternary nitrogens is 2. The van der Waals surface area contributed by atoms with Crippen LogP contribution in [-0.4, -0.2) is 66.1 Å². The maximum atomic E-state index is 12.7. The Hall–Kier alpha value is -2.46. The molecule has 148 valence electrons. The number of rotatable bonds is 6. The summed E-state index contributed by atoms with van der Waals surface area (Å²) in [5.74, 6) is -0.351. The lowest BCUT2D eigenvalue weighted by Gasteiger charge is -2.29. The molecule has 1 saturated carbocycles. The maximum absolute atomic E-state index is 12.7. The summed E-state index contributed by atoms with van der Waals surface area (Å²) in [4.78, 5) is 51.0. The number of nitrogens with one attached hydrogen (secondary N) is 3. The van der Waals surface area contributed by atoms with Crippen LogP contribution in [0.3, 0.4) is 0 Å². The number of carbonyl (C=O) groups excluding carboxylic acids is 2. The van der Waals surface area contributed by atoms with Gasteiger partial charge in [-0.05, 0) is 12.8 Å². The predicted molar refractivity (Wildman–Crippen MR) is 98.0 cm³/mol. The van der Waals surface area contributed by atoms with E-state index in [9.17, 15) is 19.2 Å². The van der Waals surface area contributed by atoms with Crippen molar-refractivity contribution in [1.29, 1.82) is 0 Å². The summed E-state index contributed by atoms with van der Waals surface area (Å²) in [6, 6.07) is 0.372. The third kappa shape index (κ3) is 4.28. The minimum absolute atomic E-state index is 0.0893. The zero-order valence-electron chi connectivity index (χ0n) is 15.8. The van der Waals surface area contributed by atoms with Gasteiger partial charge in [-0.25, -0.2) is 4.79 Å². The molecule has 10 nitrogen and oxygen atoms in total. The molecular weight excluding hydrogens is 352 g/mol. The lowest BCUT2D eigenvalue weighted by Crippen LogP contribution is -3.28. The summed E-state index contributed by atoms with van der Waals surface area (Å²) in [7, 11) is 2.78. The van der Waals surface area contributed by atoms with Gasteiger partial charge in [-0.1, -0.05) is 0 Å².